The van der Waals surface area contributed by atoms with Gasteiger partial charge in [-0.2, -0.15) is 5.26 Å². The van der Waals surface area contributed by atoms with E-state index in [0.717, 1.165) is 0 Å². The van der Waals surface area contributed by atoms with Gasteiger partial charge in [-0.1, -0.05) is 0 Å². The minimum absolute atomic E-state index is 0.260. The van der Waals surface area contributed by atoms with Gasteiger partial charge in [0.05, 0.1) is 25.0 Å². The molecule has 0 spiro atoms. The fourth-order valence-corrected chi connectivity index (χ4v) is 1.54. The molecule has 0 radical (unpaired) electrons. The summed E-state index contributed by atoms with van der Waals surface area (Å²) < 4.78 is 23.6. The van der Waals surface area contributed by atoms with Crippen LogP contribution in [-0.2, 0) is 4.74 Å². The third-order valence-electron chi connectivity index (χ3n) is 2.45. The number of nitriles is 1. The lowest BCUT2D eigenvalue weighted by molar-refractivity contribution is 0.140. The molecule has 1 aliphatic heterocycles. The van der Waals surface area contributed by atoms with E-state index >= 15 is 0 Å². The highest BCUT2D eigenvalue weighted by Gasteiger charge is 2.30. The molecule has 0 saturated carbocycles. The van der Waals surface area contributed by atoms with Gasteiger partial charge in [0.1, 0.15) is 23.6 Å². The summed E-state index contributed by atoms with van der Waals surface area (Å²) in [6, 6.07) is 5.99. The maximum Gasteiger partial charge on any atom is 0.145 e. The lowest BCUT2D eigenvalue weighted by Crippen LogP contribution is -2.24. The Morgan fingerprint density at radius 3 is 3.06 bits per heavy atom. The molecule has 0 amide bonds. The molecule has 4 nitrogen and oxygen atoms in total. The fraction of sp³-hybridized carbons (Fsp3) is 0.364. The van der Waals surface area contributed by atoms with Crippen LogP contribution < -0.4 is 10.5 Å². The smallest absolute Gasteiger partial charge is 0.145 e. The first kappa shape index (κ1) is 10.7. The van der Waals surface area contributed by atoms with Gasteiger partial charge in [0.15, 0.2) is 0 Å². The van der Waals surface area contributed by atoms with Crippen molar-refractivity contribution in [3.63, 3.8) is 0 Å². The van der Waals surface area contributed by atoms with Crippen LogP contribution in [0.1, 0.15) is 0 Å². The second kappa shape index (κ2) is 4.37. The topological polar surface area (TPSA) is 68.3 Å². The number of ether oxygens (including phenoxy) is 2. The number of rotatable bonds is 2. The van der Waals surface area contributed by atoms with Gasteiger partial charge in [-0.25, -0.2) is 4.39 Å². The zero-order valence-electron chi connectivity index (χ0n) is 8.52. The molecule has 0 bridgehead atoms. The van der Waals surface area contributed by atoms with Crippen molar-refractivity contribution in [3.05, 3.63) is 24.0 Å². The normalized spacial score (nSPS) is 24.0. The van der Waals surface area contributed by atoms with Gasteiger partial charge in [0, 0.05) is 6.07 Å². The molecule has 16 heavy (non-hydrogen) atoms. The largest absolute Gasteiger partial charge is 0.484 e. The number of halogens is 1. The van der Waals surface area contributed by atoms with E-state index < -0.39 is 5.82 Å². The molecular weight excluding hydrogens is 211 g/mol. The molecule has 0 aromatic heterocycles. The Kier molecular flexibility index (Phi) is 2.93. The molecule has 1 saturated heterocycles. The first-order valence-corrected chi connectivity index (χ1v) is 4.89. The van der Waals surface area contributed by atoms with Crippen molar-refractivity contribution in [1.29, 1.82) is 5.26 Å². The van der Waals surface area contributed by atoms with E-state index in [4.69, 9.17) is 20.5 Å². The van der Waals surface area contributed by atoms with Crippen LogP contribution in [0, 0.1) is 23.1 Å². The Morgan fingerprint density at radius 1 is 1.50 bits per heavy atom. The maximum absolute atomic E-state index is 13.0. The number of hydrogen-bond acceptors (Lipinski definition) is 4. The molecule has 0 aliphatic carbocycles. The molecule has 2 N–H and O–H groups in total. The summed E-state index contributed by atoms with van der Waals surface area (Å²) in [5.41, 5.74) is 5.99. The Labute approximate surface area is 92.4 Å². The van der Waals surface area contributed by atoms with Crippen LogP contribution in [0.2, 0.25) is 0 Å². The number of nitrogens with zero attached hydrogens (tertiary/aromatic N) is 1. The Balaban J connectivity index is 2.14. The van der Waals surface area contributed by atoms with Gasteiger partial charge in [-0.15, -0.1) is 0 Å². The van der Waals surface area contributed by atoms with Gasteiger partial charge >= 0.3 is 0 Å². The van der Waals surface area contributed by atoms with Crippen molar-refractivity contribution >= 4 is 5.69 Å². The van der Waals surface area contributed by atoms with Gasteiger partial charge in [0.25, 0.3) is 0 Å². The predicted molar refractivity (Wildman–Crippen MR) is 55.2 cm³/mol. The third-order valence-corrected chi connectivity index (χ3v) is 2.45. The number of benzene rings is 1. The predicted octanol–water partition coefficient (Wildman–Crippen LogP) is 1.33. The molecule has 2 atom stereocenters. The average molecular weight is 222 g/mol. The monoisotopic (exact) mass is 222 g/mol. The van der Waals surface area contributed by atoms with Crippen molar-refractivity contribution in [3.8, 4) is 11.8 Å². The van der Waals surface area contributed by atoms with Crippen LogP contribution in [0.5, 0.6) is 5.75 Å². The van der Waals surface area contributed by atoms with Crippen molar-refractivity contribution in [1.82, 2.24) is 0 Å². The highest BCUT2D eigenvalue weighted by Crippen LogP contribution is 2.26. The number of anilines is 1. The minimum atomic E-state index is -0.420. The van der Waals surface area contributed by atoms with E-state index in [9.17, 15) is 4.39 Å². The highest BCUT2D eigenvalue weighted by atomic mass is 19.1. The van der Waals surface area contributed by atoms with Crippen LogP contribution >= 0.6 is 0 Å². The summed E-state index contributed by atoms with van der Waals surface area (Å²) in [4.78, 5) is 0. The van der Waals surface area contributed by atoms with Crippen LogP contribution in [-0.4, -0.2) is 19.3 Å². The van der Waals surface area contributed by atoms with E-state index in [0.29, 0.717) is 18.9 Å². The Morgan fingerprint density at radius 2 is 2.31 bits per heavy atom. The van der Waals surface area contributed by atoms with E-state index in [1.807, 2.05) is 0 Å². The number of nitrogens with two attached hydrogens (primary N) is 1. The van der Waals surface area contributed by atoms with E-state index in [1.165, 1.54) is 18.2 Å². The number of nitrogen functional groups attached to an aromatic ring is 1. The minimum Gasteiger partial charge on any atom is -0.484 e. The SMILES string of the molecule is N#CC1COCC1Oc1cc(F)ccc1N. The van der Waals surface area contributed by atoms with Crippen LogP contribution in [0.25, 0.3) is 0 Å². The van der Waals surface area contributed by atoms with Crippen LogP contribution in [0.15, 0.2) is 18.2 Å². The second-order valence-electron chi connectivity index (χ2n) is 3.61. The van der Waals surface area contributed by atoms with Gasteiger partial charge in [0.2, 0.25) is 0 Å². The first-order valence-electron chi connectivity index (χ1n) is 4.89. The van der Waals surface area contributed by atoms with Gasteiger partial charge in [-0.05, 0) is 12.1 Å². The molecular formula is C11H11FN2O2. The Hall–Kier alpha value is -1.80. The van der Waals surface area contributed by atoms with Crippen molar-refractivity contribution < 1.29 is 13.9 Å². The Bertz CT molecular complexity index is 430. The standard InChI is InChI=1S/C11H11FN2O2/c12-8-1-2-9(14)10(3-8)16-11-6-15-5-7(11)4-13/h1-3,7,11H,5-6,14H2. The molecule has 5 heteroatoms. The maximum atomic E-state index is 13.0. The molecule has 84 valence electrons. The van der Waals surface area contributed by atoms with Gasteiger partial charge in [-0.3, -0.25) is 0 Å². The quantitative estimate of drug-likeness (QED) is 0.766. The zero-order valence-corrected chi connectivity index (χ0v) is 8.52. The lowest BCUT2D eigenvalue weighted by Gasteiger charge is -2.16. The van der Waals surface area contributed by atoms with Crippen molar-refractivity contribution in [2.24, 2.45) is 5.92 Å². The third kappa shape index (κ3) is 2.07. The lowest BCUT2D eigenvalue weighted by atomic mass is 10.1. The second-order valence-corrected chi connectivity index (χ2v) is 3.61. The van der Waals surface area contributed by atoms with E-state index in [1.54, 1.807) is 0 Å². The molecule has 1 aromatic rings. The first-order chi connectivity index (χ1) is 7.70. The summed E-state index contributed by atoms with van der Waals surface area (Å²) in [7, 11) is 0. The van der Waals surface area contributed by atoms with Crippen molar-refractivity contribution in [2.45, 2.75) is 6.10 Å². The summed E-state index contributed by atoms with van der Waals surface area (Å²) in [5, 5.41) is 8.82. The van der Waals surface area contributed by atoms with Crippen molar-refractivity contribution in [2.75, 3.05) is 18.9 Å². The summed E-state index contributed by atoms with van der Waals surface area (Å²) in [6.45, 7) is 0.671. The molecule has 2 unspecified atom stereocenters. The summed E-state index contributed by atoms with van der Waals surface area (Å²) >= 11 is 0. The average Bonchev–Trinajstić information content (AvgIpc) is 2.71. The van der Waals surface area contributed by atoms with E-state index in [-0.39, 0.29) is 17.8 Å². The summed E-state index contributed by atoms with van der Waals surface area (Å²) in [5.74, 6) is -0.491. The van der Waals surface area contributed by atoms with Gasteiger partial charge < -0.3 is 15.2 Å². The van der Waals surface area contributed by atoms with Crippen LogP contribution in [0.3, 0.4) is 0 Å². The molecule has 1 fully saturated rings. The van der Waals surface area contributed by atoms with Crippen LogP contribution in [0.4, 0.5) is 10.1 Å². The molecule has 1 aromatic carbocycles. The zero-order chi connectivity index (χ0) is 11.5. The fourth-order valence-electron chi connectivity index (χ4n) is 1.54. The molecule has 1 aliphatic rings. The number of hydrogen-bond donors (Lipinski definition) is 1. The van der Waals surface area contributed by atoms with E-state index in [2.05, 4.69) is 6.07 Å². The molecule has 1 heterocycles. The highest BCUT2D eigenvalue weighted by molar-refractivity contribution is 5.52. The summed E-state index contributed by atoms with van der Waals surface area (Å²) in [6.07, 6.45) is -0.380. The molecule has 2 rings (SSSR count).